The number of alkyl halides is 2. The average molecular weight is 416 g/mol. The third kappa shape index (κ3) is 4.45. The Morgan fingerprint density at radius 2 is 2.07 bits per heavy atom. The number of amides is 1. The molecule has 1 saturated heterocycles. The lowest BCUT2D eigenvalue weighted by atomic mass is 10.2. The number of nitrogens with zero attached hydrogens (tertiary/aromatic N) is 1. The van der Waals surface area contributed by atoms with Gasteiger partial charge in [0, 0.05) is 18.7 Å². The molecule has 1 aliphatic heterocycles. The van der Waals surface area contributed by atoms with E-state index in [4.69, 9.17) is 0 Å². The summed E-state index contributed by atoms with van der Waals surface area (Å²) in [6, 6.07) is 8.47. The normalized spacial score (nSPS) is 18.0. The Balaban J connectivity index is 1.70. The molecule has 1 aliphatic rings. The molecule has 27 heavy (non-hydrogen) atoms. The average Bonchev–Trinajstić information content (AvgIpc) is 3.32. The summed E-state index contributed by atoms with van der Waals surface area (Å²) in [7, 11) is -3.73. The van der Waals surface area contributed by atoms with Gasteiger partial charge >= 0.3 is 6.61 Å². The molecular formula is C17H18F2N2O4S2. The second kappa shape index (κ2) is 8.32. The van der Waals surface area contributed by atoms with Crippen LogP contribution in [-0.4, -0.2) is 37.8 Å². The van der Waals surface area contributed by atoms with Crippen LogP contribution in [0.15, 0.2) is 46.0 Å². The maximum absolute atomic E-state index is 12.7. The van der Waals surface area contributed by atoms with Crippen molar-refractivity contribution < 1.29 is 26.7 Å². The number of para-hydroxylation sites is 1. The highest BCUT2D eigenvalue weighted by atomic mass is 32.2. The maximum Gasteiger partial charge on any atom is 0.387 e. The highest BCUT2D eigenvalue weighted by Crippen LogP contribution is 2.29. The number of thiophene rings is 1. The zero-order valence-corrected chi connectivity index (χ0v) is 15.8. The number of halogens is 2. The molecule has 10 heteroatoms. The number of benzene rings is 1. The van der Waals surface area contributed by atoms with E-state index in [1.54, 1.807) is 29.6 Å². The monoisotopic (exact) mass is 416 g/mol. The first-order valence-electron chi connectivity index (χ1n) is 8.25. The van der Waals surface area contributed by atoms with Gasteiger partial charge in [-0.05, 0) is 30.4 Å². The third-order valence-electron chi connectivity index (χ3n) is 4.21. The number of rotatable bonds is 7. The Labute approximate surface area is 159 Å². The van der Waals surface area contributed by atoms with Crippen LogP contribution < -0.4 is 10.1 Å². The molecule has 0 aliphatic carbocycles. The quantitative estimate of drug-likeness (QED) is 0.753. The van der Waals surface area contributed by atoms with Crippen LogP contribution in [0.2, 0.25) is 0 Å². The van der Waals surface area contributed by atoms with Crippen molar-refractivity contribution in [2.45, 2.75) is 36.2 Å². The highest BCUT2D eigenvalue weighted by Gasteiger charge is 2.39. The minimum Gasteiger partial charge on any atom is -0.434 e. The minimum atomic E-state index is -3.73. The van der Waals surface area contributed by atoms with E-state index in [1.165, 1.54) is 16.4 Å². The summed E-state index contributed by atoms with van der Waals surface area (Å²) in [6.45, 7) is -2.74. The van der Waals surface area contributed by atoms with Gasteiger partial charge in [-0.3, -0.25) is 4.79 Å². The van der Waals surface area contributed by atoms with Crippen LogP contribution >= 0.6 is 11.3 Å². The fraction of sp³-hybridized carbons (Fsp3) is 0.353. The van der Waals surface area contributed by atoms with Gasteiger partial charge < -0.3 is 10.1 Å². The molecule has 1 N–H and O–H groups in total. The second-order valence-electron chi connectivity index (χ2n) is 5.91. The number of sulfonamides is 1. The third-order valence-corrected chi connectivity index (χ3v) is 7.49. The molecule has 1 aromatic carbocycles. The first kappa shape index (κ1) is 19.7. The molecule has 6 nitrogen and oxygen atoms in total. The van der Waals surface area contributed by atoms with E-state index < -0.39 is 28.6 Å². The van der Waals surface area contributed by atoms with Crippen LogP contribution in [0, 0.1) is 0 Å². The summed E-state index contributed by atoms with van der Waals surface area (Å²) in [5.41, 5.74) is 0.386. The van der Waals surface area contributed by atoms with Crippen molar-refractivity contribution in [3.05, 3.63) is 47.3 Å². The number of ether oxygens (including phenoxy) is 1. The summed E-state index contributed by atoms with van der Waals surface area (Å²) in [5, 5.41) is 4.30. The van der Waals surface area contributed by atoms with Gasteiger partial charge in [0.25, 0.3) is 10.0 Å². The van der Waals surface area contributed by atoms with E-state index in [9.17, 15) is 22.0 Å². The Morgan fingerprint density at radius 1 is 1.30 bits per heavy atom. The number of carbonyl (C=O) groups excluding carboxylic acids is 1. The van der Waals surface area contributed by atoms with Crippen molar-refractivity contribution >= 4 is 27.3 Å². The Kier molecular flexibility index (Phi) is 6.08. The van der Waals surface area contributed by atoms with Crippen LogP contribution in [0.5, 0.6) is 5.75 Å². The summed E-state index contributed by atoms with van der Waals surface area (Å²) >= 11 is 1.10. The van der Waals surface area contributed by atoms with Crippen molar-refractivity contribution in [1.29, 1.82) is 0 Å². The molecule has 1 atom stereocenters. The lowest BCUT2D eigenvalue weighted by Gasteiger charge is -2.23. The van der Waals surface area contributed by atoms with Crippen LogP contribution in [0.25, 0.3) is 0 Å². The molecule has 2 heterocycles. The van der Waals surface area contributed by atoms with Crippen LogP contribution in [-0.2, 0) is 21.4 Å². The van der Waals surface area contributed by atoms with E-state index in [1.807, 2.05) is 0 Å². The van der Waals surface area contributed by atoms with Crippen LogP contribution in [0.1, 0.15) is 18.4 Å². The summed E-state index contributed by atoms with van der Waals surface area (Å²) < 4.78 is 56.2. The minimum absolute atomic E-state index is 0.0257. The van der Waals surface area contributed by atoms with Gasteiger partial charge in [0.1, 0.15) is 16.0 Å². The van der Waals surface area contributed by atoms with E-state index in [-0.39, 0.29) is 23.0 Å². The zero-order chi connectivity index (χ0) is 19.4. The highest BCUT2D eigenvalue weighted by molar-refractivity contribution is 7.91. The SMILES string of the molecule is O=C(NCc1ccccc1OC(F)F)[C@H]1CCCN1S(=O)(=O)c1cccs1. The van der Waals surface area contributed by atoms with E-state index in [0.29, 0.717) is 18.4 Å². The summed E-state index contributed by atoms with van der Waals surface area (Å²) in [4.78, 5) is 12.6. The predicted molar refractivity (Wildman–Crippen MR) is 96.2 cm³/mol. The molecule has 1 fully saturated rings. The Hall–Kier alpha value is -2.04. The molecule has 1 aromatic heterocycles. The fourth-order valence-corrected chi connectivity index (χ4v) is 5.75. The van der Waals surface area contributed by atoms with E-state index in [2.05, 4.69) is 10.1 Å². The van der Waals surface area contributed by atoms with Crippen molar-refractivity contribution in [3.63, 3.8) is 0 Å². The van der Waals surface area contributed by atoms with Crippen molar-refractivity contribution in [2.24, 2.45) is 0 Å². The summed E-state index contributed by atoms with van der Waals surface area (Å²) in [5.74, 6) is -0.484. The lowest BCUT2D eigenvalue weighted by Crippen LogP contribution is -2.45. The molecule has 1 amide bonds. The molecule has 0 bridgehead atoms. The van der Waals surface area contributed by atoms with Crippen LogP contribution in [0.3, 0.4) is 0 Å². The van der Waals surface area contributed by atoms with Gasteiger partial charge in [-0.15, -0.1) is 11.3 Å². The number of carbonyl (C=O) groups is 1. The van der Waals surface area contributed by atoms with Gasteiger partial charge in [-0.1, -0.05) is 24.3 Å². The first-order valence-corrected chi connectivity index (χ1v) is 10.6. The molecule has 0 saturated carbocycles. The van der Waals surface area contributed by atoms with Gasteiger partial charge in [-0.25, -0.2) is 8.42 Å². The maximum atomic E-state index is 12.7. The van der Waals surface area contributed by atoms with E-state index in [0.717, 1.165) is 11.3 Å². The molecule has 146 valence electrons. The van der Waals surface area contributed by atoms with Crippen LogP contribution in [0.4, 0.5) is 8.78 Å². The number of hydrogen-bond acceptors (Lipinski definition) is 5. The van der Waals surface area contributed by atoms with Gasteiger partial charge in [0.05, 0.1) is 0 Å². The smallest absolute Gasteiger partial charge is 0.387 e. The Morgan fingerprint density at radius 3 is 2.78 bits per heavy atom. The Bertz CT molecular complexity index is 888. The molecule has 0 radical (unpaired) electrons. The first-order chi connectivity index (χ1) is 12.9. The largest absolute Gasteiger partial charge is 0.434 e. The molecule has 3 rings (SSSR count). The standard InChI is InChI=1S/C17H18F2N2O4S2/c18-17(19)25-14-7-2-1-5-12(14)11-20-16(22)13-6-3-9-21(13)27(23,24)15-8-4-10-26-15/h1-2,4-5,7-8,10,13,17H,3,6,9,11H2,(H,20,22)/t13-/m1/s1. The van der Waals surface area contributed by atoms with Gasteiger partial charge in [0.15, 0.2) is 0 Å². The topological polar surface area (TPSA) is 75.7 Å². The fourth-order valence-electron chi connectivity index (χ4n) is 2.98. The van der Waals surface area contributed by atoms with E-state index >= 15 is 0 Å². The molecule has 0 spiro atoms. The summed E-state index contributed by atoms with van der Waals surface area (Å²) in [6.07, 6.45) is 0.986. The van der Waals surface area contributed by atoms with Gasteiger partial charge in [0.2, 0.25) is 5.91 Å². The number of nitrogens with one attached hydrogen (secondary N) is 1. The van der Waals surface area contributed by atoms with Crippen molar-refractivity contribution in [2.75, 3.05) is 6.54 Å². The molecule has 0 unspecified atom stereocenters. The molecule has 2 aromatic rings. The number of hydrogen-bond donors (Lipinski definition) is 1. The molecular weight excluding hydrogens is 398 g/mol. The zero-order valence-electron chi connectivity index (χ0n) is 14.2. The van der Waals surface area contributed by atoms with Crippen molar-refractivity contribution in [3.8, 4) is 5.75 Å². The predicted octanol–water partition coefficient (Wildman–Crippen LogP) is 2.82. The van der Waals surface area contributed by atoms with Gasteiger partial charge in [-0.2, -0.15) is 13.1 Å². The lowest BCUT2D eigenvalue weighted by molar-refractivity contribution is -0.124. The second-order valence-corrected chi connectivity index (χ2v) is 8.97. The van der Waals surface area contributed by atoms with Crippen molar-refractivity contribution in [1.82, 2.24) is 9.62 Å².